The molecular weight excluding hydrogens is 454 g/mol. The number of epoxide rings is 1. The number of hydrogen-bond acceptors (Lipinski definition) is 8. The standard InChI is InChI=1S/C25H41N3O7/c1-14(2)8-9-16(5)24(6,31)21-20(32-7)18(10-11-25(21)13-33-25)34-22(29)26-17(15(3)4)12-19-27-23(30)35-28-19/h8,15-18,20-21,31H,9-13H2,1-7H3,(H,26,29)(H,27,28,30)/t16?,17-,18+,20+,21+,24-,25-/m0/s1. The summed E-state index contributed by atoms with van der Waals surface area (Å²) in [6.45, 7) is 12.4. The fraction of sp³-hybridized carbons (Fsp3) is 0.800. The number of allylic oxidation sites excluding steroid dienone is 2. The van der Waals surface area contributed by atoms with Crippen LogP contribution < -0.4 is 11.1 Å². The Bertz CT molecular complexity index is 943. The van der Waals surface area contributed by atoms with Crippen molar-refractivity contribution in [3.63, 3.8) is 0 Å². The van der Waals surface area contributed by atoms with Crippen LogP contribution in [-0.4, -0.2) is 64.5 Å². The summed E-state index contributed by atoms with van der Waals surface area (Å²) >= 11 is 0. The van der Waals surface area contributed by atoms with Crippen LogP contribution in [0.25, 0.3) is 0 Å². The third-order valence-electron chi connectivity index (χ3n) is 7.67. The number of carbonyl (C=O) groups is 1. The van der Waals surface area contributed by atoms with Gasteiger partial charge in [0.05, 0.1) is 17.8 Å². The maximum Gasteiger partial charge on any atom is 0.438 e. The van der Waals surface area contributed by atoms with Gasteiger partial charge < -0.3 is 24.6 Å². The number of nitrogens with zero attached hydrogens (tertiary/aromatic N) is 1. The summed E-state index contributed by atoms with van der Waals surface area (Å²) in [6.07, 6.45) is 2.76. The molecule has 0 radical (unpaired) electrons. The van der Waals surface area contributed by atoms with Gasteiger partial charge in [-0.15, -0.1) is 0 Å². The van der Waals surface area contributed by atoms with E-state index < -0.39 is 35.3 Å². The van der Waals surface area contributed by atoms with Crippen molar-refractivity contribution in [1.82, 2.24) is 15.5 Å². The Morgan fingerprint density at radius 1 is 1.40 bits per heavy atom. The van der Waals surface area contributed by atoms with E-state index in [9.17, 15) is 14.7 Å². The summed E-state index contributed by atoms with van der Waals surface area (Å²) in [6, 6.07) is -0.325. The first-order chi connectivity index (χ1) is 16.4. The smallest absolute Gasteiger partial charge is 0.438 e. The molecule has 1 aliphatic carbocycles. The predicted octanol–water partition coefficient (Wildman–Crippen LogP) is 2.96. The molecule has 1 aliphatic heterocycles. The minimum atomic E-state index is -1.10. The van der Waals surface area contributed by atoms with Gasteiger partial charge in [-0.2, -0.15) is 0 Å². The van der Waals surface area contributed by atoms with Gasteiger partial charge in [-0.3, -0.25) is 9.51 Å². The maximum absolute atomic E-state index is 12.9. The number of amides is 1. The summed E-state index contributed by atoms with van der Waals surface area (Å²) < 4.78 is 22.2. The highest BCUT2D eigenvalue weighted by molar-refractivity contribution is 5.68. The van der Waals surface area contributed by atoms with Crippen LogP contribution in [0.15, 0.2) is 21.0 Å². The zero-order chi connectivity index (χ0) is 26.0. The molecule has 1 saturated carbocycles. The Morgan fingerprint density at radius 3 is 2.60 bits per heavy atom. The molecule has 0 bridgehead atoms. The van der Waals surface area contributed by atoms with Crippen molar-refractivity contribution in [2.24, 2.45) is 17.8 Å². The van der Waals surface area contributed by atoms with Crippen LogP contribution in [0.2, 0.25) is 0 Å². The van der Waals surface area contributed by atoms with E-state index in [1.807, 2.05) is 41.5 Å². The lowest BCUT2D eigenvalue weighted by Gasteiger charge is -2.49. The van der Waals surface area contributed by atoms with Crippen molar-refractivity contribution in [3.05, 3.63) is 28.0 Å². The number of aromatic nitrogens is 2. The van der Waals surface area contributed by atoms with Crippen LogP contribution in [-0.2, 0) is 20.6 Å². The van der Waals surface area contributed by atoms with Crippen LogP contribution in [0, 0.1) is 17.8 Å². The molecule has 2 heterocycles. The molecule has 1 spiro atoms. The highest BCUT2D eigenvalue weighted by Crippen LogP contribution is 2.53. The second-order valence-electron chi connectivity index (χ2n) is 10.9. The fourth-order valence-corrected chi connectivity index (χ4v) is 5.21. The van der Waals surface area contributed by atoms with Gasteiger partial charge in [-0.25, -0.2) is 9.59 Å². The molecule has 1 saturated heterocycles. The van der Waals surface area contributed by atoms with E-state index in [2.05, 4.69) is 26.1 Å². The van der Waals surface area contributed by atoms with Gasteiger partial charge in [0.25, 0.3) is 0 Å². The van der Waals surface area contributed by atoms with Crippen molar-refractivity contribution in [2.45, 2.75) is 96.7 Å². The fourth-order valence-electron chi connectivity index (χ4n) is 5.21. The summed E-state index contributed by atoms with van der Waals surface area (Å²) in [4.78, 5) is 26.7. The van der Waals surface area contributed by atoms with Crippen LogP contribution in [0.5, 0.6) is 0 Å². The zero-order valence-corrected chi connectivity index (χ0v) is 21.9. The summed E-state index contributed by atoms with van der Waals surface area (Å²) in [5.74, 6) is -0.629. The molecule has 3 rings (SSSR count). The molecule has 1 aromatic heterocycles. The van der Waals surface area contributed by atoms with Gasteiger partial charge in [0.1, 0.15) is 12.2 Å². The lowest BCUT2D eigenvalue weighted by molar-refractivity contribution is -0.178. The van der Waals surface area contributed by atoms with Crippen molar-refractivity contribution in [1.29, 1.82) is 0 Å². The van der Waals surface area contributed by atoms with E-state index in [0.29, 0.717) is 31.7 Å². The Kier molecular flexibility index (Phi) is 8.49. The molecular formula is C25H41N3O7. The predicted molar refractivity (Wildman–Crippen MR) is 129 cm³/mol. The van der Waals surface area contributed by atoms with Gasteiger partial charge in [-0.05, 0) is 51.9 Å². The first kappa shape index (κ1) is 27.4. The van der Waals surface area contributed by atoms with Gasteiger partial charge in [0.15, 0.2) is 5.82 Å². The quantitative estimate of drug-likeness (QED) is 0.333. The lowest BCUT2D eigenvalue weighted by atomic mass is 9.63. The molecule has 2 fully saturated rings. The van der Waals surface area contributed by atoms with Crippen LogP contribution in [0.4, 0.5) is 4.79 Å². The number of methoxy groups -OCH3 is 1. The highest BCUT2D eigenvalue weighted by Gasteiger charge is 2.65. The molecule has 198 valence electrons. The first-order valence-corrected chi connectivity index (χ1v) is 12.4. The number of rotatable bonds is 10. The Hall–Kier alpha value is -2.17. The normalized spacial score (nSPS) is 29.3. The number of carbonyl (C=O) groups excluding carboxylic acids is 1. The topological polar surface area (TPSA) is 139 Å². The summed E-state index contributed by atoms with van der Waals surface area (Å²) in [5, 5.41) is 18.3. The first-order valence-electron chi connectivity index (χ1n) is 12.4. The average molecular weight is 496 g/mol. The van der Waals surface area contributed by atoms with E-state index in [0.717, 1.165) is 6.42 Å². The van der Waals surface area contributed by atoms with Crippen molar-refractivity contribution in [2.75, 3.05) is 13.7 Å². The van der Waals surface area contributed by atoms with Gasteiger partial charge >= 0.3 is 11.8 Å². The van der Waals surface area contributed by atoms with E-state index in [1.165, 1.54) is 5.57 Å². The van der Waals surface area contributed by atoms with Crippen molar-refractivity contribution in [3.8, 4) is 0 Å². The monoisotopic (exact) mass is 495 g/mol. The minimum absolute atomic E-state index is 0.0522. The SMILES string of the molecule is CO[C@@H]1[C@H](OC(=O)N[C@@H](Cc2noc(=O)[nH]2)C(C)C)CC[C@]2(CO2)[C@H]1[C@@](C)(O)C(C)CC=C(C)C. The minimum Gasteiger partial charge on any atom is -0.443 e. The number of ether oxygens (including phenoxy) is 3. The molecule has 1 aromatic rings. The number of H-pyrrole nitrogens is 1. The van der Waals surface area contributed by atoms with E-state index in [4.69, 9.17) is 14.2 Å². The number of aromatic amines is 1. The molecule has 10 nitrogen and oxygen atoms in total. The molecule has 10 heteroatoms. The number of hydrogen-bond donors (Lipinski definition) is 3. The number of nitrogens with one attached hydrogen (secondary N) is 2. The zero-order valence-electron chi connectivity index (χ0n) is 21.9. The van der Waals surface area contributed by atoms with Gasteiger partial charge in [0.2, 0.25) is 0 Å². The number of alkyl carbamates (subject to hydrolysis) is 1. The third-order valence-corrected chi connectivity index (χ3v) is 7.67. The molecule has 35 heavy (non-hydrogen) atoms. The van der Waals surface area contributed by atoms with E-state index in [1.54, 1.807) is 7.11 Å². The van der Waals surface area contributed by atoms with Crippen LogP contribution in [0.1, 0.15) is 66.6 Å². The highest BCUT2D eigenvalue weighted by atomic mass is 16.6. The van der Waals surface area contributed by atoms with Crippen LogP contribution in [0.3, 0.4) is 0 Å². The molecule has 2 aliphatic rings. The maximum atomic E-state index is 12.9. The van der Waals surface area contributed by atoms with E-state index in [-0.39, 0.29) is 23.8 Å². The third kappa shape index (κ3) is 6.34. The second kappa shape index (κ2) is 10.8. The van der Waals surface area contributed by atoms with Gasteiger partial charge in [0, 0.05) is 25.5 Å². The Balaban J connectivity index is 1.72. The second-order valence-corrected chi connectivity index (χ2v) is 10.9. The number of aliphatic hydroxyl groups is 1. The molecule has 3 N–H and O–H groups in total. The lowest BCUT2D eigenvalue weighted by Crippen LogP contribution is -2.61. The average Bonchev–Trinajstić information content (AvgIpc) is 3.43. The largest absolute Gasteiger partial charge is 0.443 e. The van der Waals surface area contributed by atoms with E-state index >= 15 is 0 Å². The van der Waals surface area contributed by atoms with Gasteiger partial charge in [-0.1, -0.05) is 37.6 Å². The van der Waals surface area contributed by atoms with Crippen LogP contribution >= 0.6 is 0 Å². The van der Waals surface area contributed by atoms with Crippen molar-refractivity contribution < 1.29 is 28.6 Å². The summed E-state index contributed by atoms with van der Waals surface area (Å²) in [5.41, 5.74) is -0.357. The molecule has 7 atom stereocenters. The van der Waals surface area contributed by atoms with Crippen molar-refractivity contribution >= 4 is 6.09 Å². The summed E-state index contributed by atoms with van der Waals surface area (Å²) in [7, 11) is 1.59. The Labute approximate surface area is 206 Å². The Morgan fingerprint density at radius 2 is 2.09 bits per heavy atom. The molecule has 1 unspecified atom stereocenters. The molecule has 1 amide bonds. The molecule has 0 aromatic carbocycles.